The molecular formula is C13H16ClNO4. The van der Waals surface area contributed by atoms with Gasteiger partial charge in [-0.1, -0.05) is 11.6 Å². The van der Waals surface area contributed by atoms with E-state index < -0.39 is 12.2 Å². The highest BCUT2D eigenvalue weighted by atomic mass is 35.5. The Morgan fingerprint density at radius 2 is 1.84 bits per heavy atom. The minimum atomic E-state index is -0.673. The van der Waals surface area contributed by atoms with E-state index in [-0.39, 0.29) is 0 Å². The summed E-state index contributed by atoms with van der Waals surface area (Å²) in [6, 6.07) is 3.74. The van der Waals surface area contributed by atoms with Gasteiger partial charge in [0, 0.05) is 19.6 Å². The lowest BCUT2D eigenvalue weighted by molar-refractivity contribution is 0.0572. The van der Waals surface area contributed by atoms with Crippen LogP contribution in [-0.4, -0.2) is 53.6 Å². The van der Waals surface area contributed by atoms with Crippen molar-refractivity contribution < 1.29 is 19.7 Å². The van der Waals surface area contributed by atoms with Crippen molar-refractivity contribution in [2.24, 2.45) is 0 Å². The summed E-state index contributed by atoms with van der Waals surface area (Å²) < 4.78 is 11.0. The van der Waals surface area contributed by atoms with Crippen LogP contribution >= 0.6 is 11.6 Å². The molecule has 0 aromatic heterocycles. The van der Waals surface area contributed by atoms with E-state index >= 15 is 0 Å². The van der Waals surface area contributed by atoms with Gasteiger partial charge in [0.25, 0.3) is 0 Å². The SMILES string of the molecule is O[C@@H]1CN(Cc2cc(Cl)c3c(c2)OCCO3)C[C@@H]1O. The zero-order valence-electron chi connectivity index (χ0n) is 10.4. The maximum atomic E-state index is 9.53. The third kappa shape index (κ3) is 2.65. The topological polar surface area (TPSA) is 62.2 Å². The van der Waals surface area contributed by atoms with Gasteiger partial charge in [-0.25, -0.2) is 0 Å². The molecule has 5 nitrogen and oxygen atoms in total. The van der Waals surface area contributed by atoms with Crippen molar-refractivity contribution >= 4 is 11.6 Å². The van der Waals surface area contributed by atoms with Crippen LogP contribution in [0, 0.1) is 0 Å². The van der Waals surface area contributed by atoms with Crippen LogP contribution in [0.4, 0.5) is 0 Å². The second-order valence-corrected chi connectivity index (χ2v) is 5.34. The summed E-state index contributed by atoms with van der Waals surface area (Å²) >= 11 is 6.17. The fourth-order valence-electron chi connectivity index (χ4n) is 2.49. The highest BCUT2D eigenvalue weighted by molar-refractivity contribution is 6.32. The van der Waals surface area contributed by atoms with E-state index in [4.69, 9.17) is 21.1 Å². The van der Waals surface area contributed by atoms with Crippen LogP contribution in [-0.2, 0) is 6.54 Å². The molecule has 0 radical (unpaired) electrons. The number of hydrogen-bond acceptors (Lipinski definition) is 5. The molecular weight excluding hydrogens is 270 g/mol. The first kappa shape index (κ1) is 13.0. The molecule has 2 aliphatic heterocycles. The molecule has 1 saturated heterocycles. The summed E-state index contributed by atoms with van der Waals surface area (Å²) in [6.07, 6.45) is -1.35. The molecule has 104 valence electrons. The van der Waals surface area contributed by atoms with E-state index in [2.05, 4.69) is 0 Å². The van der Waals surface area contributed by atoms with Gasteiger partial charge in [0.05, 0.1) is 17.2 Å². The number of halogens is 1. The van der Waals surface area contributed by atoms with Crippen LogP contribution in [0.15, 0.2) is 12.1 Å². The number of fused-ring (bicyclic) bond motifs is 1. The van der Waals surface area contributed by atoms with Crippen molar-refractivity contribution in [3.8, 4) is 11.5 Å². The number of likely N-dealkylation sites (tertiary alicyclic amines) is 1. The van der Waals surface area contributed by atoms with E-state index in [0.29, 0.717) is 49.4 Å². The second-order valence-electron chi connectivity index (χ2n) is 4.93. The van der Waals surface area contributed by atoms with Crippen molar-refractivity contribution in [3.63, 3.8) is 0 Å². The maximum Gasteiger partial charge on any atom is 0.179 e. The van der Waals surface area contributed by atoms with E-state index in [1.54, 1.807) is 0 Å². The summed E-state index contributed by atoms with van der Waals surface area (Å²) in [6.45, 7) is 2.58. The van der Waals surface area contributed by atoms with Crippen LogP contribution < -0.4 is 9.47 Å². The molecule has 2 N–H and O–H groups in total. The quantitative estimate of drug-likeness (QED) is 0.835. The smallest absolute Gasteiger partial charge is 0.179 e. The maximum absolute atomic E-state index is 9.53. The Kier molecular flexibility index (Phi) is 3.54. The molecule has 6 heteroatoms. The predicted octanol–water partition coefficient (Wildman–Crippen LogP) is 0.649. The number of rotatable bonds is 2. The number of aliphatic hydroxyl groups is 2. The number of hydrogen-bond donors (Lipinski definition) is 2. The second kappa shape index (κ2) is 5.17. The van der Waals surface area contributed by atoms with Crippen LogP contribution in [0.1, 0.15) is 5.56 Å². The highest BCUT2D eigenvalue weighted by Gasteiger charge is 2.29. The Balaban J connectivity index is 1.77. The van der Waals surface area contributed by atoms with Gasteiger partial charge in [-0.3, -0.25) is 4.90 Å². The zero-order chi connectivity index (χ0) is 13.4. The van der Waals surface area contributed by atoms with E-state index in [9.17, 15) is 10.2 Å². The Hall–Kier alpha value is -1.01. The average molecular weight is 286 g/mol. The Morgan fingerprint density at radius 1 is 1.16 bits per heavy atom. The molecule has 2 heterocycles. The summed E-state index contributed by atoms with van der Waals surface area (Å²) in [5, 5.41) is 19.6. The Bertz CT molecular complexity index is 472. The van der Waals surface area contributed by atoms with Gasteiger partial charge in [0.1, 0.15) is 13.2 Å². The van der Waals surface area contributed by atoms with Crippen LogP contribution in [0.3, 0.4) is 0 Å². The Morgan fingerprint density at radius 3 is 2.58 bits per heavy atom. The lowest BCUT2D eigenvalue weighted by atomic mass is 10.2. The molecule has 1 fully saturated rings. The molecule has 0 unspecified atom stereocenters. The van der Waals surface area contributed by atoms with Crippen LogP contribution in [0.25, 0.3) is 0 Å². The fourth-order valence-corrected chi connectivity index (χ4v) is 2.78. The lowest BCUT2D eigenvalue weighted by Crippen LogP contribution is -2.22. The predicted molar refractivity (Wildman–Crippen MR) is 69.7 cm³/mol. The first-order valence-corrected chi connectivity index (χ1v) is 6.68. The molecule has 0 bridgehead atoms. The normalized spacial score (nSPS) is 26.7. The van der Waals surface area contributed by atoms with Crippen molar-refractivity contribution in [1.29, 1.82) is 0 Å². The van der Waals surface area contributed by atoms with Gasteiger partial charge in [0.2, 0.25) is 0 Å². The van der Waals surface area contributed by atoms with Crippen LogP contribution in [0.2, 0.25) is 5.02 Å². The van der Waals surface area contributed by atoms with Crippen molar-refractivity contribution in [1.82, 2.24) is 4.90 Å². The average Bonchev–Trinajstić information content (AvgIpc) is 2.68. The van der Waals surface area contributed by atoms with Crippen molar-refractivity contribution in [2.75, 3.05) is 26.3 Å². The molecule has 0 spiro atoms. The van der Waals surface area contributed by atoms with Crippen molar-refractivity contribution in [2.45, 2.75) is 18.8 Å². The number of β-amino-alcohol motifs (C(OH)–C–C–N with tert-alkyl or cyclic N) is 2. The minimum Gasteiger partial charge on any atom is -0.486 e. The molecule has 1 aromatic rings. The highest BCUT2D eigenvalue weighted by Crippen LogP contribution is 2.38. The number of benzene rings is 1. The van der Waals surface area contributed by atoms with Gasteiger partial charge in [-0.05, 0) is 17.7 Å². The summed E-state index contributed by atoms with van der Waals surface area (Å²) in [4.78, 5) is 1.98. The molecule has 0 aliphatic carbocycles. The molecule has 2 aliphatic rings. The van der Waals surface area contributed by atoms with Gasteiger partial charge in [-0.15, -0.1) is 0 Å². The van der Waals surface area contributed by atoms with Crippen molar-refractivity contribution in [3.05, 3.63) is 22.7 Å². The summed E-state index contributed by atoms with van der Waals surface area (Å²) in [7, 11) is 0. The summed E-state index contributed by atoms with van der Waals surface area (Å²) in [5.41, 5.74) is 0.982. The van der Waals surface area contributed by atoms with Crippen LogP contribution in [0.5, 0.6) is 11.5 Å². The van der Waals surface area contributed by atoms with E-state index in [1.807, 2.05) is 17.0 Å². The van der Waals surface area contributed by atoms with Gasteiger partial charge in [0.15, 0.2) is 11.5 Å². The molecule has 2 atom stereocenters. The van der Waals surface area contributed by atoms with Gasteiger partial charge < -0.3 is 19.7 Å². The first-order valence-electron chi connectivity index (χ1n) is 6.30. The minimum absolute atomic E-state index is 0.466. The monoisotopic (exact) mass is 285 g/mol. The van der Waals surface area contributed by atoms with E-state index in [1.165, 1.54) is 0 Å². The third-order valence-corrected chi connectivity index (χ3v) is 3.68. The number of ether oxygens (including phenoxy) is 2. The molecule has 3 rings (SSSR count). The standard InChI is InChI=1S/C13H16ClNO4/c14-9-3-8(4-12-13(9)19-2-1-18-12)5-15-6-10(16)11(17)7-15/h3-4,10-11,16-17H,1-2,5-7H2/t10-,11+. The molecule has 0 amide bonds. The fraction of sp³-hybridized carbons (Fsp3) is 0.538. The van der Waals surface area contributed by atoms with Gasteiger partial charge in [-0.2, -0.15) is 0 Å². The zero-order valence-corrected chi connectivity index (χ0v) is 11.1. The summed E-state index contributed by atoms with van der Waals surface area (Å²) in [5.74, 6) is 1.26. The number of aliphatic hydroxyl groups excluding tert-OH is 2. The molecule has 19 heavy (non-hydrogen) atoms. The van der Waals surface area contributed by atoms with E-state index in [0.717, 1.165) is 5.56 Å². The molecule has 0 saturated carbocycles. The van der Waals surface area contributed by atoms with Gasteiger partial charge >= 0.3 is 0 Å². The third-order valence-electron chi connectivity index (χ3n) is 3.40. The molecule has 1 aromatic carbocycles. The first-order chi connectivity index (χ1) is 9.13. The largest absolute Gasteiger partial charge is 0.486 e. The Labute approximate surface area is 116 Å². The number of nitrogens with zero attached hydrogens (tertiary/aromatic N) is 1. The lowest BCUT2D eigenvalue weighted by Gasteiger charge is -2.21.